The summed E-state index contributed by atoms with van der Waals surface area (Å²) in [5.74, 6) is -2.44. The summed E-state index contributed by atoms with van der Waals surface area (Å²) in [5, 5.41) is 2.68. The first-order valence-corrected chi connectivity index (χ1v) is 9.69. The molecule has 0 radical (unpaired) electrons. The first kappa shape index (κ1) is 20.0. The van der Waals surface area contributed by atoms with E-state index in [2.05, 4.69) is 5.32 Å². The van der Waals surface area contributed by atoms with Gasteiger partial charge < -0.3 is 10.1 Å². The maximum Gasteiger partial charge on any atom is 0.329 e. The fourth-order valence-corrected chi connectivity index (χ4v) is 4.18. The van der Waals surface area contributed by atoms with Gasteiger partial charge in [0, 0.05) is 5.69 Å². The Bertz CT molecular complexity index is 775. The number of esters is 1. The predicted molar refractivity (Wildman–Crippen MR) is 102 cm³/mol. The van der Waals surface area contributed by atoms with Crippen molar-refractivity contribution in [1.82, 2.24) is 4.90 Å². The van der Waals surface area contributed by atoms with Crippen molar-refractivity contribution in [1.29, 1.82) is 0 Å². The van der Waals surface area contributed by atoms with Crippen molar-refractivity contribution >= 4 is 29.4 Å². The molecule has 1 aliphatic carbocycles. The molecule has 1 aliphatic heterocycles. The van der Waals surface area contributed by atoms with E-state index in [4.69, 9.17) is 4.74 Å². The van der Waals surface area contributed by atoms with Gasteiger partial charge in [-0.1, -0.05) is 18.9 Å². The summed E-state index contributed by atoms with van der Waals surface area (Å²) in [5.41, 5.74) is 2.64. The summed E-state index contributed by atoms with van der Waals surface area (Å²) in [6.45, 7) is 4.84. The van der Waals surface area contributed by atoms with Gasteiger partial charge in [0.05, 0.1) is 11.8 Å². The van der Waals surface area contributed by atoms with E-state index in [1.807, 2.05) is 32.0 Å². The molecule has 150 valence electrons. The third kappa shape index (κ3) is 4.08. The van der Waals surface area contributed by atoms with Crippen molar-refractivity contribution in [2.75, 3.05) is 11.9 Å². The minimum atomic E-state index is -1.03. The number of nitrogens with one attached hydrogen (secondary N) is 1. The number of anilines is 1. The molecule has 28 heavy (non-hydrogen) atoms. The maximum atomic E-state index is 12.6. The van der Waals surface area contributed by atoms with Crippen molar-refractivity contribution in [3.05, 3.63) is 29.3 Å². The molecular weight excluding hydrogens is 360 g/mol. The molecule has 1 saturated carbocycles. The molecule has 0 spiro atoms. The molecule has 1 aromatic rings. The lowest BCUT2D eigenvalue weighted by Gasteiger charge is -2.21. The molecule has 1 aromatic carbocycles. The number of fused-ring (bicyclic) bond motifs is 1. The van der Waals surface area contributed by atoms with Crippen molar-refractivity contribution in [3.63, 3.8) is 0 Å². The smallest absolute Gasteiger partial charge is 0.329 e. The van der Waals surface area contributed by atoms with Crippen LogP contribution in [0.4, 0.5) is 5.69 Å². The zero-order valence-electron chi connectivity index (χ0n) is 16.5. The lowest BCUT2D eigenvalue weighted by Crippen LogP contribution is -2.45. The van der Waals surface area contributed by atoms with E-state index in [9.17, 15) is 19.2 Å². The van der Waals surface area contributed by atoms with Crippen LogP contribution in [0.2, 0.25) is 0 Å². The number of hydrogen-bond acceptors (Lipinski definition) is 5. The van der Waals surface area contributed by atoms with E-state index in [1.54, 1.807) is 0 Å². The molecule has 1 N–H and O–H groups in total. The van der Waals surface area contributed by atoms with Crippen LogP contribution in [0, 0.1) is 25.7 Å². The van der Waals surface area contributed by atoms with Crippen LogP contribution in [0.25, 0.3) is 0 Å². The number of likely N-dealkylation sites (tertiary alicyclic amines) is 1. The van der Waals surface area contributed by atoms with Crippen LogP contribution in [0.15, 0.2) is 18.2 Å². The van der Waals surface area contributed by atoms with E-state index in [0.717, 1.165) is 28.9 Å². The normalized spacial score (nSPS) is 22.6. The Morgan fingerprint density at radius 1 is 1.07 bits per heavy atom. The monoisotopic (exact) mass is 386 g/mol. The Hall–Kier alpha value is -2.70. The average Bonchev–Trinajstić information content (AvgIpc) is 2.89. The highest BCUT2D eigenvalue weighted by atomic mass is 16.5. The van der Waals surface area contributed by atoms with Gasteiger partial charge in [-0.3, -0.25) is 19.3 Å². The molecule has 2 fully saturated rings. The highest BCUT2D eigenvalue weighted by Crippen LogP contribution is 2.38. The first-order valence-electron chi connectivity index (χ1n) is 9.69. The van der Waals surface area contributed by atoms with Gasteiger partial charge >= 0.3 is 5.97 Å². The van der Waals surface area contributed by atoms with Crippen molar-refractivity contribution < 1.29 is 23.9 Å². The fraction of sp³-hybridized carbons (Fsp3) is 0.524. The van der Waals surface area contributed by atoms with Crippen LogP contribution in [0.5, 0.6) is 0 Å². The number of rotatable bonds is 5. The summed E-state index contributed by atoms with van der Waals surface area (Å²) in [6, 6.07) is 4.59. The average molecular weight is 386 g/mol. The second kappa shape index (κ2) is 8.12. The highest BCUT2D eigenvalue weighted by molar-refractivity contribution is 6.08. The van der Waals surface area contributed by atoms with Gasteiger partial charge in [0.25, 0.3) is 5.91 Å². The number of ether oxygens (including phenoxy) is 1. The SMILES string of the molecule is Cc1cc(C)cc(NC(=O)COC(=O)[C@H](C)N2C(=O)[C@H]3CCCC[C@@H]3C2=O)c1. The van der Waals surface area contributed by atoms with E-state index in [0.29, 0.717) is 18.5 Å². The molecule has 3 atom stereocenters. The Morgan fingerprint density at radius 2 is 1.61 bits per heavy atom. The van der Waals surface area contributed by atoms with Gasteiger partial charge in [-0.2, -0.15) is 0 Å². The zero-order chi connectivity index (χ0) is 20.4. The van der Waals surface area contributed by atoms with E-state index in [-0.39, 0.29) is 23.7 Å². The minimum absolute atomic E-state index is 0.293. The first-order chi connectivity index (χ1) is 13.3. The Morgan fingerprint density at radius 3 is 2.14 bits per heavy atom. The van der Waals surface area contributed by atoms with Gasteiger partial charge in [0.1, 0.15) is 6.04 Å². The number of carbonyl (C=O) groups excluding carboxylic acids is 4. The quantitative estimate of drug-likeness (QED) is 0.619. The van der Waals surface area contributed by atoms with E-state index < -0.39 is 24.5 Å². The number of aryl methyl sites for hydroxylation is 2. The van der Waals surface area contributed by atoms with Crippen LogP contribution in [0.1, 0.15) is 43.7 Å². The molecule has 0 aromatic heterocycles. The lowest BCUT2D eigenvalue weighted by molar-refractivity contribution is -0.159. The second-order valence-electron chi connectivity index (χ2n) is 7.75. The third-order valence-electron chi connectivity index (χ3n) is 5.45. The molecule has 7 nitrogen and oxygen atoms in total. The molecule has 1 heterocycles. The van der Waals surface area contributed by atoms with Crippen LogP contribution in [-0.2, 0) is 23.9 Å². The van der Waals surface area contributed by atoms with Gasteiger partial charge in [-0.15, -0.1) is 0 Å². The summed E-state index contributed by atoms with van der Waals surface area (Å²) in [4.78, 5) is 50.6. The maximum absolute atomic E-state index is 12.6. The van der Waals surface area contributed by atoms with Gasteiger partial charge in [0.2, 0.25) is 11.8 Å². The third-order valence-corrected chi connectivity index (χ3v) is 5.45. The zero-order valence-corrected chi connectivity index (χ0v) is 16.5. The number of amides is 3. The molecule has 0 unspecified atom stereocenters. The summed E-state index contributed by atoms with van der Waals surface area (Å²) in [7, 11) is 0. The van der Waals surface area contributed by atoms with Crippen LogP contribution >= 0.6 is 0 Å². The molecule has 3 amide bonds. The highest BCUT2D eigenvalue weighted by Gasteiger charge is 2.51. The Balaban J connectivity index is 1.56. The molecule has 0 bridgehead atoms. The van der Waals surface area contributed by atoms with Gasteiger partial charge in [-0.05, 0) is 56.9 Å². The van der Waals surface area contributed by atoms with Crippen molar-refractivity contribution in [3.8, 4) is 0 Å². The predicted octanol–water partition coefficient (Wildman–Crippen LogP) is 2.35. The van der Waals surface area contributed by atoms with E-state index in [1.165, 1.54) is 6.92 Å². The lowest BCUT2D eigenvalue weighted by atomic mass is 9.81. The number of nitrogens with zero attached hydrogens (tertiary/aromatic N) is 1. The fourth-order valence-electron chi connectivity index (χ4n) is 4.18. The number of imide groups is 1. The van der Waals surface area contributed by atoms with Gasteiger partial charge in [-0.25, -0.2) is 4.79 Å². The van der Waals surface area contributed by atoms with Crippen LogP contribution < -0.4 is 5.32 Å². The number of hydrogen-bond donors (Lipinski definition) is 1. The minimum Gasteiger partial charge on any atom is -0.454 e. The number of carbonyl (C=O) groups is 4. The van der Waals surface area contributed by atoms with Crippen LogP contribution in [0.3, 0.4) is 0 Å². The molecule has 3 rings (SSSR count). The Kier molecular flexibility index (Phi) is 5.82. The standard InChI is InChI=1S/C21H26N2O5/c1-12-8-13(2)10-15(9-12)22-18(24)11-28-21(27)14(3)23-19(25)16-6-4-5-7-17(16)20(23)26/h8-10,14,16-17H,4-7,11H2,1-3H3,(H,22,24)/t14-,16-,17-/m0/s1. The summed E-state index contributed by atoms with van der Waals surface area (Å²) >= 11 is 0. The molecule has 7 heteroatoms. The Labute approximate surface area is 164 Å². The van der Waals surface area contributed by atoms with Crippen LogP contribution in [-0.4, -0.2) is 41.2 Å². The molecule has 2 aliphatic rings. The molecular formula is C21H26N2O5. The van der Waals surface area contributed by atoms with Crippen molar-refractivity contribution in [2.45, 2.75) is 52.5 Å². The van der Waals surface area contributed by atoms with E-state index >= 15 is 0 Å². The molecule has 1 saturated heterocycles. The van der Waals surface area contributed by atoms with Crippen molar-refractivity contribution in [2.24, 2.45) is 11.8 Å². The summed E-state index contributed by atoms with van der Waals surface area (Å²) in [6.07, 6.45) is 3.22. The topological polar surface area (TPSA) is 92.8 Å². The number of benzene rings is 1. The van der Waals surface area contributed by atoms with Gasteiger partial charge in [0.15, 0.2) is 6.61 Å². The second-order valence-corrected chi connectivity index (χ2v) is 7.75. The summed E-state index contributed by atoms with van der Waals surface area (Å²) < 4.78 is 5.06. The largest absolute Gasteiger partial charge is 0.454 e.